The van der Waals surface area contributed by atoms with Crippen molar-refractivity contribution in [1.29, 1.82) is 0 Å². The number of aromatic carboxylic acids is 1. The summed E-state index contributed by atoms with van der Waals surface area (Å²) in [6.07, 6.45) is 1.64. The second-order valence-corrected chi connectivity index (χ2v) is 10.4. The van der Waals surface area contributed by atoms with Crippen molar-refractivity contribution in [3.63, 3.8) is 0 Å². The molecule has 0 bridgehead atoms. The van der Waals surface area contributed by atoms with Crippen LogP contribution >= 0.6 is 11.3 Å². The molecule has 0 unspecified atom stereocenters. The number of allylic oxidation sites excluding steroid dienone is 1. The number of carbonyl (C=O) groups is 2. The molecule has 0 fully saturated rings. The van der Waals surface area contributed by atoms with Gasteiger partial charge in [0.25, 0.3) is 11.5 Å². The molecule has 0 radical (unpaired) electrons. The van der Waals surface area contributed by atoms with Gasteiger partial charge in [-0.25, -0.2) is 9.79 Å². The van der Waals surface area contributed by atoms with Gasteiger partial charge in [0.2, 0.25) is 0 Å². The molecule has 2 aromatic heterocycles. The van der Waals surface area contributed by atoms with E-state index in [2.05, 4.69) is 0 Å². The highest BCUT2D eigenvalue weighted by Crippen LogP contribution is 2.36. The number of para-hydroxylation sites is 1. The average molecular weight is 572 g/mol. The molecule has 2 aromatic carbocycles. The first-order valence-corrected chi connectivity index (χ1v) is 14.0. The van der Waals surface area contributed by atoms with Crippen LogP contribution in [-0.2, 0) is 4.79 Å². The first-order chi connectivity index (χ1) is 19.8. The highest BCUT2D eigenvalue weighted by atomic mass is 32.1. The third-order valence-electron chi connectivity index (χ3n) is 7.03. The summed E-state index contributed by atoms with van der Waals surface area (Å²) in [6, 6.07) is 16.5. The number of aromatic nitrogens is 1. The van der Waals surface area contributed by atoms with Gasteiger partial charge in [-0.2, -0.15) is 0 Å². The highest BCUT2D eigenvalue weighted by Gasteiger charge is 2.35. The molecule has 41 heavy (non-hydrogen) atoms. The quantitative estimate of drug-likeness (QED) is 0.341. The third kappa shape index (κ3) is 5.14. The second-order valence-electron chi connectivity index (χ2n) is 9.39. The number of fused-ring (bicyclic) bond motifs is 1. The fourth-order valence-electron chi connectivity index (χ4n) is 4.98. The number of benzene rings is 2. The number of amides is 1. The Morgan fingerprint density at radius 1 is 1.12 bits per heavy atom. The van der Waals surface area contributed by atoms with Crippen molar-refractivity contribution in [3.05, 3.63) is 109 Å². The van der Waals surface area contributed by atoms with E-state index in [1.165, 1.54) is 23.5 Å². The fraction of sp³-hybridized carbons (Fsp3) is 0.226. The van der Waals surface area contributed by atoms with Gasteiger partial charge in [-0.15, -0.1) is 0 Å². The number of carboxylic acids is 1. The van der Waals surface area contributed by atoms with Crippen LogP contribution in [0.1, 0.15) is 48.5 Å². The number of ether oxygens (including phenoxy) is 1. The Kier molecular flexibility index (Phi) is 7.76. The van der Waals surface area contributed by atoms with E-state index in [4.69, 9.17) is 14.1 Å². The number of methoxy groups -OCH3 is 1. The molecule has 9 nitrogen and oxygen atoms in total. The normalized spacial score (nSPS) is 14.9. The van der Waals surface area contributed by atoms with Crippen molar-refractivity contribution in [2.24, 2.45) is 4.99 Å². The standard InChI is InChI=1S/C31H29N3O6S/c1-5-33(6-2)29(36)26-18(3)32-31-34(27(26)22-12-7-8-13-24(22)39-4)28(35)25(41-31)17-21-14-15-23(40-21)19-10-9-11-20(16-19)30(37)38/h7-17,27H,5-6H2,1-4H3,(H,37,38)/b25-17+/t27-/m0/s1. The van der Waals surface area contributed by atoms with Crippen LogP contribution in [-0.4, -0.2) is 46.6 Å². The number of carboxylic acid groups (broad SMARTS) is 1. The Labute approximate surface area is 240 Å². The zero-order valence-electron chi connectivity index (χ0n) is 23.1. The number of hydrogen-bond acceptors (Lipinski definition) is 7. The molecular formula is C31H29N3O6S. The zero-order valence-corrected chi connectivity index (χ0v) is 23.9. The minimum Gasteiger partial charge on any atom is -0.496 e. The molecular weight excluding hydrogens is 542 g/mol. The van der Waals surface area contributed by atoms with E-state index in [1.807, 2.05) is 38.1 Å². The summed E-state index contributed by atoms with van der Waals surface area (Å²) in [6.45, 7) is 6.66. The molecule has 4 aromatic rings. The number of carbonyl (C=O) groups excluding carboxylic acids is 1. The predicted molar refractivity (Wildman–Crippen MR) is 156 cm³/mol. The lowest BCUT2D eigenvalue weighted by atomic mass is 9.94. The molecule has 3 heterocycles. The van der Waals surface area contributed by atoms with Crippen LogP contribution in [0.25, 0.3) is 17.4 Å². The van der Waals surface area contributed by atoms with Crippen molar-refractivity contribution in [2.45, 2.75) is 26.8 Å². The third-order valence-corrected chi connectivity index (χ3v) is 8.01. The SMILES string of the molecule is CCN(CC)C(=O)C1=C(C)N=c2s/c(=C/c3ccc(-c4cccc(C(=O)O)c4)o3)c(=O)n2[C@H]1c1ccccc1OC. The van der Waals surface area contributed by atoms with Gasteiger partial charge in [0.1, 0.15) is 23.3 Å². The number of furan rings is 1. The van der Waals surface area contributed by atoms with Crippen molar-refractivity contribution >= 4 is 29.3 Å². The largest absolute Gasteiger partial charge is 0.496 e. The lowest BCUT2D eigenvalue weighted by Crippen LogP contribution is -2.43. The molecule has 5 rings (SSSR count). The Morgan fingerprint density at radius 2 is 1.88 bits per heavy atom. The zero-order chi connectivity index (χ0) is 29.3. The molecule has 0 saturated carbocycles. The number of nitrogens with zero attached hydrogens (tertiary/aromatic N) is 3. The van der Waals surface area contributed by atoms with E-state index >= 15 is 0 Å². The van der Waals surface area contributed by atoms with Gasteiger partial charge in [0, 0.05) is 30.3 Å². The second kappa shape index (κ2) is 11.4. The van der Waals surface area contributed by atoms with Gasteiger partial charge < -0.3 is 19.2 Å². The van der Waals surface area contributed by atoms with Gasteiger partial charge in [-0.1, -0.05) is 41.7 Å². The summed E-state index contributed by atoms with van der Waals surface area (Å²) in [5.74, 6) is 0.252. The molecule has 1 aliphatic heterocycles. The maximum absolute atomic E-state index is 14.0. The van der Waals surface area contributed by atoms with Crippen LogP contribution in [0.5, 0.6) is 5.75 Å². The molecule has 1 amide bonds. The highest BCUT2D eigenvalue weighted by molar-refractivity contribution is 7.07. The monoisotopic (exact) mass is 571 g/mol. The predicted octanol–water partition coefficient (Wildman–Crippen LogP) is 4.07. The van der Waals surface area contributed by atoms with E-state index in [0.717, 1.165) is 0 Å². The average Bonchev–Trinajstić information content (AvgIpc) is 3.57. The Morgan fingerprint density at radius 3 is 2.59 bits per heavy atom. The van der Waals surface area contributed by atoms with Crippen molar-refractivity contribution in [2.75, 3.05) is 20.2 Å². The van der Waals surface area contributed by atoms with Gasteiger partial charge in [0.05, 0.1) is 28.5 Å². The summed E-state index contributed by atoms with van der Waals surface area (Å²) in [5.41, 5.74) is 2.10. The van der Waals surface area contributed by atoms with E-state index in [0.29, 0.717) is 62.1 Å². The first-order valence-electron chi connectivity index (χ1n) is 13.2. The van der Waals surface area contributed by atoms with Crippen LogP contribution in [0.2, 0.25) is 0 Å². The molecule has 10 heteroatoms. The minimum atomic E-state index is -1.03. The van der Waals surface area contributed by atoms with Gasteiger partial charge >= 0.3 is 5.97 Å². The Bertz CT molecular complexity index is 1860. The Hall–Kier alpha value is -4.70. The molecule has 1 atom stereocenters. The van der Waals surface area contributed by atoms with Crippen LogP contribution in [0.15, 0.2) is 86.1 Å². The molecule has 0 aliphatic carbocycles. The topological polar surface area (TPSA) is 114 Å². The molecule has 0 saturated heterocycles. The van der Waals surface area contributed by atoms with Crippen LogP contribution in [0.3, 0.4) is 0 Å². The maximum atomic E-state index is 14.0. The van der Waals surface area contributed by atoms with Crippen LogP contribution in [0.4, 0.5) is 0 Å². The lowest BCUT2D eigenvalue weighted by Gasteiger charge is -2.29. The summed E-state index contributed by atoms with van der Waals surface area (Å²) in [5, 5.41) is 9.32. The first kappa shape index (κ1) is 27.9. The fourth-order valence-corrected chi connectivity index (χ4v) is 6.01. The van der Waals surface area contributed by atoms with Crippen LogP contribution < -0.4 is 19.6 Å². The van der Waals surface area contributed by atoms with Gasteiger partial charge in [-0.3, -0.25) is 14.2 Å². The van der Waals surface area contributed by atoms with Gasteiger partial charge in [-0.05, 0) is 51.1 Å². The smallest absolute Gasteiger partial charge is 0.335 e. The number of hydrogen-bond donors (Lipinski definition) is 1. The number of thiazole rings is 1. The molecule has 1 aliphatic rings. The van der Waals surface area contributed by atoms with Crippen molar-refractivity contribution in [3.8, 4) is 17.1 Å². The lowest BCUT2D eigenvalue weighted by molar-refractivity contribution is -0.127. The Balaban J connectivity index is 1.65. The van der Waals surface area contributed by atoms with Crippen LogP contribution in [0, 0.1) is 0 Å². The maximum Gasteiger partial charge on any atom is 0.335 e. The van der Waals surface area contributed by atoms with Gasteiger partial charge in [0.15, 0.2) is 4.80 Å². The summed E-state index contributed by atoms with van der Waals surface area (Å²) in [7, 11) is 1.56. The summed E-state index contributed by atoms with van der Waals surface area (Å²) < 4.78 is 13.6. The molecule has 0 spiro atoms. The number of rotatable bonds is 8. The van der Waals surface area contributed by atoms with E-state index < -0.39 is 12.0 Å². The summed E-state index contributed by atoms with van der Waals surface area (Å²) >= 11 is 1.21. The molecule has 210 valence electrons. The van der Waals surface area contributed by atoms with Crippen molar-refractivity contribution < 1.29 is 23.8 Å². The van der Waals surface area contributed by atoms with Crippen molar-refractivity contribution in [1.82, 2.24) is 9.47 Å². The summed E-state index contributed by atoms with van der Waals surface area (Å²) in [4.78, 5) is 46.0. The van der Waals surface area contributed by atoms with E-state index in [1.54, 1.807) is 53.8 Å². The van der Waals surface area contributed by atoms with E-state index in [9.17, 15) is 19.5 Å². The molecule has 1 N–H and O–H groups in total. The van der Waals surface area contributed by atoms with E-state index in [-0.39, 0.29) is 17.0 Å². The number of likely N-dealkylation sites (N-methyl/N-ethyl adjacent to an activating group) is 1. The minimum absolute atomic E-state index is 0.149.